The van der Waals surface area contributed by atoms with Crippen molar-refractivity contribution in [2.24, 2.45) is 0 Å². The fourth-order valence-corrected chi connectivity index (χ4v) is 3.41. The Bertz CT molecular complexity index is 959. The third-order valence-corrected chi connectivity index (χ3v) is 4.91. The van der Waals surface area contributed by atoms with Gasteiger partial charge in [0.15, 0.2) is 0 Å². The minimum atomic E-state index is -0.0370. The lowest BCUT2D eigenvalue weighted by atomic mass is 9.97. The average Bonchev–Trinajstić information content (AvgIpc) is 2.74. The van der Waals surface area contributed by atoms with Crippen LogP contribution in [-0.2, 0) is 30.9 Å². The predicted molar refractivity (Wildman–Crippen MR) is 104 cm³/mol. The minimum absolute atomic E-state index is 0.0370. The maximum Gasteiger partial charge on any atom is 0.254 e. The van der Waals surface area contributed by atoms with Crippen LogP contribution in [0.4, 0.5) is 0 Å². The molecule has 4 rings (SSSR count). The second-order valence-electron chi connectivity index (χ2n) is 6.81. The van der Waals surface area contributed by atoms with Crippen LogP contribution in [0.15, 0.2) is 61.2 Å². The second kappa shape index (κ2) is 8.19. The summed E-state index contributed by atoms with van der Waals surface area (Å²) in [5.41, 5.74) is 5.01. The fraction of sp³-hybridized carbons (Fsp3) is 0.227. The molecule has 1 aromatic carbocycles. The van der Waals surface area contributed by atoms with Crippen molar-refractivity contribution in [2.45, 2.75) is 26.2 Å². The maximum absolute atomic E-state index is 12.7. The topological polar surface area (TPSA) is 75.5 Å². The number of rotatable bonds is 5. The molecule has 2 aromatic heterocycles. The Kier molecular flexibility index (Phi) is 5.30. The Morgan fingerprint density at radius 2 is 1.82 bits per heavy atom. The van der Waals surface area contributed by atoms with Gasteiger partial charge in [0.2, 0.25) is 0 Å². The Hall–Kier alpha value is -3.25. The van der Waals surface area contributed by atoms with Crippen LogP contribution in [0.1, 0.15) is 32.6 Å². The second-order valence-corrected chi connectivity index (χ2v) is 6.81. The van der Waals surface area contributed by atoms with Crippen LogP contribution in [-0.4, -0.2) is 32.4 Å². The largest absolute Gasteiger partial charge is 0.508 e. The lowest BCUT2D eigenvalue weighted by Crippen LogP contribution is -2.36. The molecule has 0 aliphatic carbocycles. The first-order valence-electron chi connectivity index (χ1n) is 9.20. The molecule has 3 heterocycles. The molecule has 0 fully saturated rings. The van der Waals surface area contributed by atoms with Crippen molar-refractivity contribution in [1.82, 2.24) is 14.9 Å². The van der Waals surface area contributed by atoms with E-state index >= 15 is 0 Å². The molecule has 1 aliphatic rings. The first-order valence-corrected chi connectivity index (χ1v) is 9.20. The summed E-state index contributed by atoms with van der Waals surface area (Å²) in [5.74, 6) is 0.117. The Labute approximate surface area is 163 Å². The van der Waals surface area contributed by atoms with Crippen molar-refractivity contribution in [3.05, 3.63) is 89.0 Å². The number of pyridine rings is 2. The summed E-state index contributed by atoms with van der Waals surface area (Å²) in [6.45, 7) is 2.19. The maximum atomic E-state index is 12.7. The number of benzene rings is 1. The highest BCUT2D eigenvalue weighted by atomic mass is 16.5. The van der Waals surface area contributed by atoms with E-state index in [-0.39, 0.29) is 11.7 Å². The van der Waals surface area contributed by atoms with Gasteiger partial charge >= 0.3 is 0 Å². The number of hydrogen-bond donors (Lipinski definition) is 1. The highest BCUT2D eigenvalue weighted by molar-refractivity contribution is 5.94. The van der Waals surface area contributed by atoms with Crippen molar-refractivity contribution in [1.29, 1.82) is 0 Å². The van der Waals surface area contributed by atoms with Crippen LogP contribution >= 0.6 is 0 Å². The Morgan fingerprint density at radius 3 is 2.61 bits per heavy atom. The number of nitrogens with zero attached hydrogens (tertiary/aromatic N) is 3. The summed E-state index contributed by atoms with van der Waals surface area (Å²) in [6, 6.07) is 10.2. The van der Waals surface area contributed by atoms with Gasteiger partial charge in [0.05, 0.1) is 13.2 Å². The van der Waals surface area contributed by atoms with Gasteiger partial charge in [-0.1, -0.05) is 0 Å². The number of aromatic nitrogens is 2. The SMILES string of the molecule is O=C(c1ccc(O)cc1)N1CCc2c(COCc3ccncc3)cncc2C1. The van der Waals surface area contributed by atoms with Crippen LogP contribution in [0.3, 0.4) is 0 Å². The quantitative estimate of drug-likeness (QED) is 0.742. The van der Waals surface area contributed by atoms with E-state index < -0.39 is 0 Å². The number of amides is 1. The predicted octanol–water partition coefficient (Wildman–Crippen LogP) is 3.10. The molecule has 1 aliphatic heterocycles. The molecule has 28 heavy (non-hydrogen) atoms. The van der Waals surface area contributed by atoms with E-state index in [0.29, 0.717) is 31.9 Å². The number of fused-ring (bicyclic) bond motifs is 1. The standard InChI is InChI=1S/C22H21N3O3/c26-20-3-1-17(2-4-20)22(27)25-10-7-21-18(13-25)11-24-12-19(21)15-28-14-16-5-8-23-9-6-16/h1-6,8-9,11-12,26H,7,10,13-15H2. The van der Waals surface area contributed by atoms with Gasteiger partial charge < -0.3 is 14.7 Å². The summed E-state index contributed by atoms with van der Waals surface area (Å²) in [7, 11) is 0. The van der Waals surface area contributed by atoms with Crippen LogP contribution in [0.5, 0.6) is 5.75 Å². The smallest absolute Gasteiger partial charge is 0.254 e. The van der Waals surface area contributed by atoms with Crippen molar-refractivity contribution in [3.63, 3.8) is 0 Å². The summed E-state index contributed by atoms with van der Waals surface area (Å²) in [6.07, 6.45) is 7.96. The van der Waals surface area contributed by atoms with Gasteiger partial charge in [-0.05, 0) is 65.1 Å². The molecule has 0 atom stereocenters. The minimum Gasteiger partial charge on any atom is -0.508 e. The summed E-state index contributed by atoms with van der Waals surface area (Å²) < 4.78 is 5.85. The molecule has 1 N–H and O–H groups in total. The summed E-state index contributed by atoms with van der Waals surface area (Å²) in [4.78, 5) is 22.9. The van der Waals surface area contributed by atoms with Gasteiger partial charge in [-0.2, -0.15) is 0 Å². The van der Waals surface area contributed by atoms with Gasteiger partial charge in [-0.3, -0.25) is 14.8 Å². The molecule has 6 nitrogen and oxygen atoms in total. The van der Waals surface area contributed by atoms with Gasteiger partial charge in [0, 0.05) is 43.4 Å². The first kappa shape index (κ1) is 18.1. The number of hydrogen-bond acceptors (Lipinski definition) is 5. The van der Waals surface area contributed by atoms with Crippen LogP contribution in [0, 0.1) is 0 Å². The van der Waals surface area contributed by atoms with Gasteiger partial charge in [0.1, 0.15) is 5.75 Å². The molecule has 0 saturated carbocycles. The average molecular weight is 375 g/mol. The highest BCUT2D eigenvalue weighted by Crippen LogP contribution is 2.24. The van der Waals surface area contributed by atoms with Gasteiger partial charge in [-0.25, -0.2) is 0 Å². The molecule has 3 aromatic rings. The van der Waals surface area contributed by atoms with E-state index in [4.69, 9.17) is 4.74 Å². The van der Waals surface area contributed by atoms with E-state index in [0.717, 1.165) is 23.1 Å². The van der Waals surface area contributed by atoms with Crippen LogP contribution < -0.4 is 0 Å². The molecule has 0 bridgehead atoms. The van der Waals surface area contributed by atoms with Gasteiger partial charge in [0.25, 0.3) is 5.91 Å². The van der Waals surface area contributed by atoms with Crippen molar-refractivity contribution in [3.8, 4) is 5.75 Å². The van der Waals surface area contributed by atoms with E-state index in [1.165, 1.54) is 17.7 Å². The molecule has 1 amide bonds. The zero-order chi connectivity index (χ0) is 19.3. The fourth-order valence-electron chi connectivity index (χ4n) is 3.41. The molecule has 142 valence electrons. The third-order valence-electron chi connectivity index (χ3n) is 4.91. The van der Waals surface area contributed by atoms with Crippen molar-refractivity contribution < 1.29 is 14.6 Å². The molecule has 0 spiro atoms. The molecule has 0 radical (unpaired) electrons. The number of aromatic hydroxyl groups is 1. The van der Waals surface area contributed by atoms with E-state index in [2.05, 4.69) is 9.97 Å². The van der Waals surface area contributed by atoms with Crippen LogP contribution in [0.2, 0.25) is 0 Å². The monoisotopic (exact) mass is 375 g/mol. The molecular weight excluding hydrogens is 354 g/mol. The Morgan fingerprint density at radius 1 is 1.04 bits per heavy atom. The Balaban J connectivity index is 1.42. The van der Waals surface area contributed by atoms with E-state index in [1.807, 2.05) is 29.4 Å². The number of phenolic OH excluding ortho intramolecular Hbond substituents is 1. The molecular formula is C22H21N3O3. The molecule has 0 saturated heterocycles. The first-order chi connectivity index (χ1) is 13.7. The number of carbonyl (C=O) groups is 1. The molecule has 6 heteroatoms. The normalized spacial score (nSPS) is 13.2. The number of carbonyl (C=O) groups excluding carboxylic acids is 1. The zero-order valence-corrected chi connectivity index (χ0v) is 15.4. The number of ether oxygens (including phenoxy) is 1. The van der Waals surface area contributed by atoms with Crippen molar-refractivity contribution in [2.75, 3.05) is 6.54 Å². The zero-order valence-electron chi connectivity index (χ0n) is 15.4. The summed E-state index contributed by atoms with van der Waals surface area (Å²) in [5, 5.41) is 9.40. The number of phenols is 1. The van der Waals surface area contributed by atoms with Gasteiger partial charge in [-0.15, -0.1) is 0 Å². The lowest BCUT2D eigenvalue weighted by molar-refractivity contribution is 0.0732. The highest BCUT2D eigenvalue weighted by Gasteiger charge is 2.23. The molecule has 0 unspecified atom stereocenters. The lowest BCUT2D eigenvalue weighted by Gasteiger charge is -2.30. The van der Waals surface area contributed by atoms with Crippen molar-refractivity contribution >= 4 is 5.91 Å². The van der Waals surface area contributed by atoms with E-state index in [9.17, 15) is 9.90 Å². The third kappa shape index (κ3) is 4.02. The van der Waals surface area contributed by atoms with Crippen LogP contribution in [0.25, 0.3) is 0 Å². The van der Waals surface area contributed by atoms with E-state index in [1.54, 1.807) is 24.5 Å². The summed E-state index contributed by atoms with van der Waals surface area (Å²) >= 11 is 0.